The lowest BCUT2D eigenvalue weighted by atomic mass is 10.2. The number of phenols is 1. The van der Waals surface area contributed by atoms with E-state index in [4.69, 9.17) is 0 Å². The number of nitrogens with one attached hydrogen (secondary N) is 1. The van der Waals surface area contributed by atoms with Crippen molar-refractivity contribution in [2.45, 2.75) is 6.92 Å². The average molecular weight is 227 g/mol. The molecule has 2 aromatic carbocycles. The molecule has 2 aromatic rings. The number of aryl methyl sites for hydroxylation is 1. The summed E-state index contributed by atoms with van der Waals surface area (Å²) >= 11 is 0. The van der Waals surface area contributed by atoms with Crippen molar-refractivity contribution >= 4 is 17.7 Å². The quantitative estimate of drug-likeness (QED) is 0.791. The van der Waals surface area contributed by atoms with Crippen molar-refractivity contribution in [2.24, 2.45) is 0 Å². The number of phenolic OH excluding ortho intramolecular Hbond substituents is 1. The summed E-state index contributed by atoms with van der Waals surface area (Å²) in [4.78, 5) is 10.6. The van der Waals surface area contributed by atoms with E-state index in [1.54, 1.807) is 12.1 Å². The smallest absolute Gasteiger partial charge is 0.153 e. The molecule has 3 heteroatoms. The number of aldehydes is 1. The number of carbonyl (C=O) groups is 1. The van der Waals surface area contributed by atoms with Gasteiger partial charge in [0.15, 0.2) is 6.29 Å². The number of aromatic hydroxyl groups is 1. The van der Waals surface area contributed by atoms with Gasteiger partial charge < -0.3 is 10.4 Å². The third-order valence-corrected chi connectivity index (χ3v) is 2.50. The van der Waals surface area contributed by atoms with E-state index in [0.717, 1.165) is 11.4 Å². The largest absolute Gasteiger partial charge is 0.507 e. The first kappa shape index (κ1) is 11.2. The molecule has 0 bridgehead atoms. The monoisotopic (exact) mass is 227 g/mol. The highest BCUT2D eigenvalue weighted by Crippen LogP contribution is 2.23. The van der Waals surface area contributed by atoms with Crippen molar-refractivity contribution in [3.8, 4) is 5.75 Å². The van der Waals surface area contributed by atoms with E-state index in [1.807, 2.05) is 31.2 Å². The second-order valence-electron chi connectivity index (χ2n) is 3.88. The van der Waals surface area contributed by atoms with E-state index in [1.165, 1.54) is 11.6 Å². The van der Waals surface area contributed by atoms with Crippen LogP contribution in [0, 0.1) is 6.92 Å². The molecule has 0 fully saturated rings. The maximum atomic E-state index is 10.6. The van der Waals surface area contributed by atoms with Gasteiger partial charge in [0.1, 0.15) is 5.75 Å². The number of hydrogen-bond acceptors (Lipinski definition) is 3. The number of hydrogen-bond donors (Lipinski definition) is 2. The van der Waals surface area contributed by atoms with Gasteiger partial charge in [-0.3, -0.25) is 4.79 Å². The van der Waals surface area contributed by atoms with E-state index in [-0.39, 0.29) is 5.75 Å². The van der Waals surface area contributed by atoms with E-state index in [0.29, 0.717) is 11.8 Å². The molecule has 0 saturated carbocycles. The van der Waals surface area contributed by atoms with Gasteiger partial charge in [0.2, 0.25) is 0 Å². The molecule has 0 aliphatic rings. The van der Waals surface area contributed by atoms with Gasteiger partial charge in [-0.2, -0.15) is 0 Å². The minimum absolute atomic E-state index is 0.0166. The Kier molecular flexibility index (Phi) is 3.10. The first-order valence-electron chi connectivity index (χ1n) is 5.31. The summed E-state index contributed by atoms with van der Waals surface area (Å²) in [7, 11) is 0. The molecule has 86 valence electrons. The topological polar surface area (TPSA) is 49.3 Å². The van der Waals surface area contributed by atoms with Crippen LogP contribution >= 0.6 is 0 Å². The van der Waals surface area contributed by atoms with E-state index in [9.17, 15) is 9.90 Å². The van der Waals surface area contributed by atoms with Crippen LogP contribution in [0.3, 0.4) is 0 Å². The molecule has 17 heavy (non-hydrogen) atoms. The minimum Gasteiger partial charge on any atom is -0.507 e. The fourth-order valence-electron chi connectivity index (χ4n) is 1.52. The van der Waals surface area contributed by atoms with Crippen molar-refractivity contribution in [3.05, 3.63) is 53.6 Å². The molecular formula is C14H13NO2. The number of rotatable bonds is 3. The molecule has 0 heterocycles. The van der Waals surface area contributed by atoms with Crippen LogP contribution in [0.2, 0.25) is 0 Å². The maximum absolute atomic E-state index is 10.6. The summed E-state index contributed by atoms with van der Waals surface area (Å²) < 4.78 is 0. The van der Waals surface area contributed by atoms with Gasteiger partial charge in [-0.1, -0.05) is 17.7 Å². The first-order valence-corrected chi connectivity index (χ1v) is 5.31. The SMILES string of the molecule is Cc1ccc(Nc2ccc(C=O)c(O)c2)cc1. The minimum atomic E-state index is -0.0166. The zero-order valence-electron chi connectivity index (χ0n) is 9.47. The van der Waals surface area contributed by atoms with E-state index >= 15 is 0 Å². The van der Waals surface area contributed by atoms with Crippen LogP contribution in [0.1, 0.15) is 15.9 Å². The number of anilines is 2. The molecule has 0 aliphatic heterocycles. The lowest BCUT2D eigenvalue weighted by Crippen LogP contribution is -1.91. The van der Waals surface area contributed by atoms with Crippen LogP contribution < -0.4 is 5.32 Å². The molecule has 0 unspecified atom stereocenters. The second-order valence-corrected chi connectivity index (χ2v) is 3.88. The summed E-state index contributed by atoms with van der Waals surface area (Å²) in [6.45, 7) is 2.02. The van der Waals surface area contributed by atoms with E-state index in [2.05, 4.69) is 5.32 Å². The molecule has 2 N–H and O–H groups in total. The summed E-state index contributed by atoms with van der Waals surface area (Å²) in [5, 5.41) is 12.7. The van der Waals surface area contributed by atoms with Gasteiger partial charge in [0.25, 0.3) is 0 Å². The molecular weight excluding hydrogens is 214 g/mol. The molecule has 0 amide bonds. The van der Waals surface area contributed by atoms with Gasteiger partial charge >= 0.3 is 0 Å². The predicted molar refractivity (Wildman–Crippen MR) is 68.0 cm³/mol. The fourth-order valence-corrected chi connectivity index (χ4v) is 1.52. The maximum Gasteiger partial charge on any atom is 0.153 e. The first-order chi connectivity index (χ1) is 8.19. The van der Waals surface area contributed by atoms with E-state index < -0.39 is 0 Å². The van der Waals surface area contributed by atoms with Crippen LogP contribution in [0.15, 0.2) is 42.5 Å². The van der Waals surface area contributed by atoms with Crippen LogP contribution in [0.5, 0.6) is 5.75 Å². The van der Waals surface area contributed by atoms with Crippen molar-refractivity contribution in [3.63, 3.8) is 0 Å². The summed E-state index contributed by atoms with van der Waals surface area (Å²) in [5.74, 6) is -0.0166. The summed E-state index contributed by atoms with van der Waals surface area (Å²) in [5.41, 5.74) is 3.17. The highest BCUT2D eigenvalue weighted by atomic mass is 16.3. The van der Waals surface area contributed by atoms with Crippen LogP contribution in [-0.2, 0) is 0 Å². The molecule has 0 saturated heterocycles. The Hall–Kier alpha value is -2.29. The van der Waals surface area contributed by atoms with Crippen molar-refractivity contribution in [1.82, 2.24) is 0 Å². The van der Waals surface area contributed by atoms with Crippen molar-refractivity contribution in [2.75, 3.05) is 5.32 Å². The Balaban J connectivity index is 2.21. The molecule has 0 radical (unpaired) electrons. The van der Waals surface area contributed by atoms with Gasteiger partial charge in [-0.05, 0) is 31.2 Å². The highest BCUT2D eigenvalue weighted by Gasteiger charge is 2.01. The van der Waals surface area contributed by atoms with Gasteiger partial charge in [0.05, 0.1) is 5.56 Å². The Morgan fingerprint density at radius 2 is 1.71 bits per heavy atom. The van der Waals surface area contributed by atoms with Crippen LogP contribution in [-0.4, -0.2) is 11.4 Å². The standard InChI is InChI=1S/C14H13NO2/c1-10-2-5-12(6-3-10)15-13-7-4-11(9-16)14(17)8-13/h2-9,15,17H,1H3. The predicted octanol–water partition coefficient (Wildman–Crippen LogP) is 3.26. The molecule has 0 atom stereocenters. The fraction of sp³-hybridized carbons (Fsp3) is 0.0714. The normalized spacial score (nSPS) is 9.94. The van der Waals surface area contributed by atoms with Crippen LogP contribution in [0.4, 0.5) is 11.4 Å². The Labute approximate surface area is 99.7 Å². The molecule has 3 nitrogen and oxygen atoms in total. The molecule has 0 aromatic heterocycles. The summed E-state index contributed by atoms with van der Waals surface area (Å²) in [6, 6.07) is 12.8. The molecule has 0 spiro atoms. The number of benzene rings is 2. The zero-order chi connectivity index (χ0) is 12.3. The Morgan fingerprint density at radius 3 is 2.29 bits per heavy atom. The summed E-state index contributed by atoms with van der Waals surface area (Å²) in [6.07, 6.45) is 0.630. The van der Waals surface area contributed by atoms with Crippen molar-refractivity contribution < 1.29 is 9.90 Å². The number of carbonyl (C=O) groups excluding carboxylic acids is 1. The Bertz CT molecular complexity index is 532. The Morgan fingerprint density at radius 1 is 1.06 bits per heavy atom. The van der Waals surface area contributed by atoms with Gasteiger partial charge in [0, 0.05) is 17.4 Å². The lowest BCUT2D eigenvalue weighted by molar-refractivity contribution is 0.112. The zero-order valence-corrected chi connectivity index (χ0v) is 9.47. The van der Waals surface area contributed by atoms with Gasteiger partial charge in [-0.15, -0.1) is 0 Å². The van der Waals surface area contributed by atoms with Crippen LogP contribution in [0.25, 0.3) is 0 Å². The molecule has 0 aliphatic carbocycles. The third kappa shape index (κ3) is 2.64. The van der Waals surface area contributed by atoms with Gasteiger partial charge in [-0.25, -0.2) is 0 Å². The lowest BCUT2D eigenvalue weighted by Gasteiger charge is -2.07. The third-order valence-electron chi connectivity index (χ3n) is 2.50. The average Bonchev–Trinajstić information content (AvgIpc) is 2.32. The van der Waals surface area contributed by atoms with Crippen molar-refractivity contribution in [1.29, 1.82) is 0 Å². The molecule has 2 rings (SSSR count). The highest BCUT2D eigenvalue weighted by molar-refractivity contribution is 5.81. The second kappa shape index (κ2) is 4.70.